The first kappa shape index (κ1) is 68.7. The Hall–Kier alpha value is -4.32. The highest BCUT2D eigenvalue weighted by Gasteiger charge is 2.23. The summed E-state index contributed by atoms with van der Waals surface area (Å²) in [5.41, 5.74) is 2.59. The number of carbonyl (C=O) groups is 2. The smallest absolute Gasteiger partial charge is 0.305 e. The van der Waals surface area contributed by atoms with Crippen LogP contribution in [0.3, 0.4) is 0 Å². The van der Waals surface area contributed by atoms with Gasteiger partial charge in [-0.15, -0.1) is 0 Å². The fourth-order valence-electron chi connectivity index (χ4n) is 5.81. The Balaban J connectivity index is 0.000000909. The molecule has 0 aliphatic rings. The van der Waals surface area contributed by atoms with Gasteiger partial charge in [0.05, 0.1) is 48.8 Å². The van der Waals surface area contributed by atoms with Crippen LogP contribution in [-0.2, 0) is 78.3 Å². The molecule has 0 heterocycles. The predicted molar refractivity (Wildman–Crippen MR) is 271 cm³/mol. The molecule has 4 aromatic rings. The summed E-state index contributed by atoms with van der Waals surface area (Å²) in [5, 5.41) is 10.3. The number of nitrogens with zero attached hydrogens (tertiary/aromatic N) is 1. The monoisotopic (exact) mass is 1260 g/mol. The molecule has 4 rings (SSSR count). The van der Waals surface area contributed by atoms with Gasteiger partial charge < -0.3 is 5.73 Å². The molecule has 0 aliphatic carbocycles. The standard InChI is InChI=1S/C13H16F2O3S.C10H11F2IO2S.C10H13F2NO2S.C9H7F2NO3.C3H7ClO2S/c1-3-6-19(17,18)8-10-4-5-12(14)11(13(10)15)7-9(2)16;2*1-2-5-16(14,15)6-7-3-4-8(11)10(13)9(7)12;1-5(13)4-6-7(10)2-3-8(9(6)11)12(14)15;1-2-3-7(4,5)6/h4-5H,3,6-8H2,1-2H3;3-4H,2,5-6H2,1H3;3-4H,2,5-6,13H2,1H3;2-3H,4H2,1H3;2-3H2,1H3. The number of rotatable bonds is 19. The van der Waals surface area contributed by atoms with Crippen molar-refractivity contribution in [1.29, 1.82) is 0 Å². The third-order valence-electron chi connectivity index (χ3n) is 8.92. The maximum Gasteiger partial charge on any atom is 0.305 e. The van der Waals surface area contributed by atoms with Gasteiger partial charge in [-0.05, 0) is 86.4 Å². The topological polar surface area (TPSA) is 240 Å². The van der Waals surface area contributed by atoms with Crippen molar-refractivity contribution in [3.05, 3.63) is 137 Å². The van der Waals surface area contributed by atoms with Crippen LogP contribution in [0.5, 0.6) is 0 Å². The van der Waals surface area contributed by atoms with E-state index in [1.807, 2.05) is 0 Å². The Morgan fingerprint density at radius 1 is 0.534 bits per heavy atom. The van der Waals surface area contributed by atoms with Crippen molar-refractivity contribution in [3.8, 4) is 0 Å². The van der Waals surface area contributed by atoms with E-state index in [4.69, 9.17) is 16.4 Å². The molecule has 0 fully saturated rings. The number of hydrogen-bond acceptors (Lipinski definition) is 13. The van der Waals surface area contributed by atoms with Gasteiger partial charge in [-0.1, -0.05) is 45.9 Å². The van der Waals surface area contributed by atoms with E-state index < -0.39 is 131 Å². The predicted octanol–water partition coefficient (Wildman–Crippen LogP) is 10.2. The van der Waals surface area contributed by atoms with Gasteiger partial charge in [-0.2, -0.15) is 4.39 Å². The number of carbonyl (C=O) groups excluding carboxylic acids is 2. The number of nitrogens with two attached hydrogens (primary N) is 1. The van der Waals surface area contributed by atoms with Crippen LogP contribution in [0.25, 0.3) is 0 Å². The Morgan fingerprint density at radius 3 is 1.21 bits per heavy atom. The first-order chi connectivity index (χ1) is 33.5. The molecule has 0 saturated carbocycles. The number of anilines is 1. The van der Waals surface area contributed by atoms with E-state index in [1.54, 1.807) is 27.7 Å². The van der Waals surface area contributed by atoms with E-state index >= 15 is 0 Å². The maximum absolute atomic E-state index is 14.0. The van der Waals surface area contributed by atoms with Crippen LogP contribution in [-0.4, -0.2) is 73.2 Å². The van der Waals surface area contributed by atoms with E-state index in [0.717, 1.165) is 49.4 Å². The lowest BCUT2D eigenvalue weighted by molar-refractivity contribution is -0.387. The summed E-state index contributed by atoms with van der Waals surface area (Å²) < 4.78 is 195. The molecular formula is C45H54ClF8IN2O12S4. The number of sulfone groups is 3. The summed E-state index contributed by atoms with van der Waals surface area (Å²) in [7, 11) is -8.47. The summed E-state index contributed by atoms with van der Waals surface area (Å²) in [6.07, 6.45) is 1.11. The highest BCUT2D eigenvalue weighted by atomic mass is 127. The molecule has 0 radical (unpaired) electrons. The van der Waals surface area contributed by atoms with Crippen LogP contribution < -0.4 is 5.73 Å². The first-order valence-corrected chi connectivity index (χ1v) is 30.5. The van der Waals surface area contributed by atoms with E-state index in [-0.39, 0.29) is 66.8 Å². The Bertz CT molecular complexity index is 2940. The lowest BCUT2D eigenvalue weighted by Crippen LogP contribution is -2.12. The third-order valence-corrected chi connectivity index (χ3v) is 16.6. The summed E-state index contributed by atoms with van der Waals surface area (Å²) in [6, 6.07) is 7.96. The Kier molecular flexibility index (Phi) is 29.7. The minimum Gasteiger partial charge on any atom is -0.394 e. The van der Waals surface area contributed by atoms with E-state index in [2.05, 4.69) is 0 Å². The maximum atomic E-state index is 14.0. The van der Waals surface area contributed by atoms with Gasteiger partial charge in [0, 0.05) is 57.4 Å². The second-order valence-corrected chi connectivity index (χ2v) is 26.2. The fraction of sp³-hybridized carbons (Fsp3) is 0.422. The second kappa shape index (κ2) is 31.5. The number of nitro benzene ring substituents is 1. The van der Waals surface area contributed by atoms with Gasteiger partial charge in [0.1, 0.15) is 52.2 Å². The molecule has 14 nitrogen and oxygen atoms in total. The zero-order valence-corrected chi connectivity index (χ0v) is 46.3. The minimum atomic E-state index is -3.41. The first-order valence-electron chi connectivity index (χ1n) is 21.4. The molecule has 4 aromatic carbocycles. The minimum absolute atomic E-state index is 0.0143. The lowest BCUT2D eigenvalue weighted by Gasteiger charge is -2.09. The van der Waals surface area contributed by atoms with Crippen LogP contribution in [0.4, 0.5) is 46.5 Å². The molecule has 0 aliphatic heterocycles. The highest BCUT2D eigenvalue weighted by Crippen LogP contribution is 2.25. The number of hydrogen-bond donors (Lipinski definition) is 1. The summed E-state index contributed by atoms with van der Waals surface area (Å²) in [6.45, 7) is 9.30. The summed E-state index contributed by atoms with van der Waals surface area (Å²) >= 11 is 1.52. The van der Waals surface area contributed by atoms with Gasteiger partial charge in [-0.25, -0.2) is 64.4 Å². The zero-order valence-electron chi connectivity index (χ0n) is 40.1. The van der Waals surface area contributed by atoms with Crippen molar-refractivity contribution in [2.75, 3.05) is 28.7 Å². The second-order valence-electron chi connectivity index (χ2n) is 15.7. The van der Waals surface area contributed by atoms with E-state index in [1.165, 1.54) is 35.6 Å². The molecule has 0 spiro atoms. The fourth-order valence-corrected chi connectivity index (χ4v) is 11.7. The Labute approximate surface area is 438 Å². The molecule has 0 unspecified atom stereocenters. The largest absolute Gasteiger partial charge is 0.394 e. The number of nitrogen functional groups attached to an aromatic ring is 1. The quantitative estimate of drug-likeness (QED) is 0.0175. The molecule has 2 N–H and O–H groups in total. The van der Waals surface area contributed by atoms with Gasteiger partial charge in [0.25, 0.3) is 0 Å². The van der Waals surface area contributed by atoms with Crippen LogP contribution in [0.15, 0.2) is 48.5 Å². The highest BCUT2D eigenvalue weighted by molar-refractivity contribution is 14.1. The molecule has 73 heavy (non-hydrogen) atoms. The third kappa shape index (κ3) is 25.7. The average Bonchev–Trinajstić information content (AvgIpc) is 3.25. The van der Waals surface area contributed by atoms with Crippen molar-refractivity contribution in [3.63, 3.8) is 0 Å². The van der Waals surface area contributed by atoms with Gasteiger partial charge in [0.15, 0.2) is 35.3 Å². The number of halogens is 10. The van der Waals surface area contributed by atoms with E-state index in [0.29, 0.717) is 25.7 Å². The normalized spacial score (nSPS) is 11.3. The van der Waals surface area contributed by atoms with Gasteiger partial charge >= 0.3 is 5.69 Å². The zero-order chi connectivity index (χ0) is 56.8. The molecule has 0 saturated heterocycles. The van der Waals surface area contributed by atoms with Crippen LogP contribution in [0.2, 0.25) is 0 Å². The molecule has 0 amide bonds. The van der Waals surface area contributed by atoms with Crippen molar-refractivity contribution in [2.45, 2.75) is 97.3 Å². The number of Topliss-reactive ketones (excluding diaryl/α,β-unsaturated/α-hetero) is 2. The average molecular weight is 1260 g/mol. The SMILES string of the molecule is CC(=O)Cc1c(F)ccc([N+](=O)[O-])c1F.CCCS(=O)(=O)Cc1ccc(F)c(CC(C)=O)c1F.CCCS(=O)(=O)Cc1ccc(F)c(I)c1F.CCCS(=O)(=O)Cc1ccc(F)c(N)c1F.CCCS(=O)(=O)Cl. The van der Waals surface area contributed by atoms with Crippen molar-refractivity contribution < 1.29 is 83.3 Å². The number of benzene rings is 4. The van der Waals surface area contributed by atoms with Crippen LogP contribution >= 0.6 is 33.3 Å². The molecule has 28 heteroatoms. The van der Waals surface area contributed by atoms with Crippen molar-refractivity contribution >= 4 is 94.8 Å². The van der Waals surface area contributed by atoms with Crippen molar-refractivity contribution in [2.24, 2.45) is 0 Å². The molecule has 0 bridgehead atoms. The van der Waals surface area contributed by atoms with Crippen molar-refractivity contribution in [1.82, 2.24) is 0 Å². The van der Waals surface area contributed by atoms with Gasteiger partial charge in [0.2, 0.25) is 14.9 Å². The molecule has 0 atom stereocenters. The lowest BCUT2D eigenvalue weighted by atomic mass is 10.1. The molecule has 410 valence electrons. The summed E-state index contributed by atoms with van der Waals surface area (Å²) in [5.74, 6) is -9.44. The van der Waals surface area contributed by atoms with Crippen LogP contribution in [0, 0.1) is 60.2 Å². The molecular weight excluding hydrogens is 1200 g/mol. The van der Waals surface area contributed by atoms with Crippen LogP contribution in [0.1, 0.15) is 95.0 Å². The van der Waals surface area contributed by atoms with E-state index in [9.17, 15) is 88.5 Å². The number of ketones is 2. The van der Waals surface area contributed by atoms with Gasteiger partial charge in [-0.3, -0.25) is 19.7 Å². The molecule has 0 aromatic heterocycles. The Morgan fingerprint density at radius 2 is 0.863 bits per heavy atom. The number of nitro groups is 1. The summed E-state index contributed by atoms with van der Waals surface area (Å²) in [4.78, 5) is 31.0.